The van der Waals surface area contributed by atoms with Gasteiger partial charge in [0.25, 0.3) is 0 Å². The molecule has 0 aliphatic carbocycles. The minimum atomic E-state index is -0.853. The van der Waals surface area contributed by atoms with Crippen LogP contribution in [0.5, 0.6) is 0 Å². The number of aliphatic hydroxyl groups excluding tert-OH is 2. The molecule has 0 spiro atoms. The zero-order chi connectivity index (χ0) is 40.1. The van der Waals surface area contributed by atoms with E-state index in [2.05, 4.69) is 55.6 Å². The average molecular weight is 772 g/mol. The van der Waals surface area contributed by atoms with Gasteiger partial charge in [-0.2, -0.15) is 0 Å². The fourth-order valence-electron chi connectivity index (χ4n) is 6.65. The molecule has 2 unspecified atom stereocenters. The second-order valence-electron chi connectivity index (χ2n) is 15.7. The maximum absolute atomic E-state index is 12.3. The van der Waals surface area contributed by atoms with Crippen LogP contribution in [0.4, 0.5) is 0 Å². The number of esters is 1. The number of hydrogen-bond donors (Lipinski definition) is 3. The second-order valence-corrected chi connectivity index (χ2v) is 15.7. The number of aliphatic hydroxyl groups is 2. The van der Waals surface area contributed by atoms with Crippen LogP contribution in [-0.2, 0) is 14.3 Å². The summed E-state index contributed by atoms with van der Waals surface area (Å²) >= 11 is 0. The van der Waals surface area contributed by atoms with Crippen LogP contribution in [0.1, 0.15) is 226 Å². The predicted octanol–water partition coefficient (Wildman–Crippen LogP) is 13.5. The Morgan fingerprint density at radius 2 is 0.909 bits per heavy atom. The third-order valence-electron chi connectivity index (χ3n) is 10.3. The van der Waals surface area contributed by atoms with Crippen molar-refractivity contribution in [2.75, 3.05) is 13.2 Å². The predicted molar refractivity (Wildman–Crippen MR) is 236 cm³/mol. The van der Waals surface area contributed by atoms with Crippen molar-refractivity contribution in [3.8, 4) is 0 Å². The van der Waals surface area contributed by atoms with E-state index in [1.807, 2.05) is 6.08 Å². The monoisotopic (exact) mass is 772 g/mol. The normalized spacial score (nSPS) is 13.2. The van der Waals surface area contributed by atoms with Gasteiger partial charge in [0.1, 0.15) is 0 Å². The van der Waals surface area contributed by atoms with Crippen molar-refractivity contribution >= 4 is 11.9 Å². The fourth-order valence-corrected chi connectivity index (χ4v) is 6.65. The first kappa shape index (κ1) is 52.8. The molecule has 55 heavy (non-hydrogen) atoms. The van der Waals surface area contributed by atoms with Crippen molar-refractivity contribution in [3.63, 3.8) is 0 Å². The van der Waals surface area contributed by atoms with Gasteiger partial charge in [0, 0.05) is 12.8 Å². The molecule has 0 aliphatic rings. The number of nitrogens with one attached hydrogen (secondary N) is 1. The standard InChI is InChI=1S/C49H89NO5/c1-3-5-7-9-11-13-14-23-27-31-35-39-43-49(54)55-44-40-36-32-28-24-21-19-17-15-16-18-20-22-26-30-34-38-42-48(53)50-46(45-51)47(52)41-37-33-29-25-12-10-8-6-4-2/h11,13,15,17,21,24,37,41,46-47,51-52H,3-10,12,14,16,18-20,22-23,25-36,38-40,42-45H2,1-2H3,(H,50,53)/b13-11-,17-15-,24-21-,41-37+. The molecule has 0 aliphatic heterocycles. The van der Waals surface area contributed by atoms with Crippen molar-refractivity contribution < 1.29 is 24.5 Å². The lowest BCUT2D eigenvalue weighted by Crippen LogP contribution is -2.45. The first-order valence-electron chi connectivity index (χ1n) is 23.4. The Morgan fingerprint density at radius 1 is 0.509 bits per heavy atom. The quantitative estimate of drug-likeness (QED) is 0.0326. The van der Waals surface area contributed by atoms with Gasteiger partial charge in [0.05, 0.1) is 25.4 Å². The average Bonchev–Trinajstić information content (AvgIpc) is 3.18. The fraction of sp³-hybridized carbons (Fsp3) is 0.796. The van der Waals surface area contributed by atoms with E-state index in [1.54, 1.807) is 6.08 Å². The molecular formula is C49H89NO5. The van der Waals surface area contributed by atoms with Gasteiger partial charge in [0.15, 0.2) is 0 Å². The Morgan fingerprint density at radius 3 is 1.44 bits per heavy atom. The highest BCUT2D eigenvalue weighted by molar-refractivity contribution is 5.76. The van der Waals surface area contributed by atoms with Gasteiger partial charge < -0.3 is 20.3 Å². The van der Waals surface area contributed by atoms with Gasteiger partial charge in [-0.15, -0.1) is 0 Å². The van der Waals surface area contributed by atoms with Crippen molar-refractivity contribution in [1.29, 1.82) is 0 Å². The Hall–Kier alpha value is -2.18. The topological polar surface area (TPSA) is 95.9 Å². The molecular weight excluding hydrogens is 683 g/mol. The van der Waals surface area contributed by atoms with Crippen molar-refractivity contribution in [1.82, 2.24) is 5.32 Å². The highest BCUT2D eigenvalue weighted by Crippen LogP contribution is 2.13. The zero-order valence-corrected chi connectivity index (χ0v) is 36.1. The number of amides is 1. The molecule has 0 aromatic heterocycles. The summed E-state index contributed by atoms with van der Waals surface area (Å²) in [5.74, 6) is -0.117. The summed E-state index contributed by atoms with van der Waals surface area (Å²) in [6.07, 6.45) is 53.9. The van der Waals surface area contributed by atoms with Crippen molar-refractivity contribution in [3.05, 3.63) is 48.6 Å². The molecule has 0 saturated heterocycles. The molecule has 0 aromatic rings. The van der Waals surface area contributed by atoms with E-state index in [4.69, 9.17) is 4.74 Å². The summed E-state index contributed by atoms with van der Waals surface area (Å²) in [4.78, 5) is 24.3. The summed E-state index contributed by atoms with van der Waals surface area (Å²) in [6, 6.07) is -0.638. The molecule has 0 rings (SSSR count). The van der Waals surface area contributed by atoms with E-state index in [0.29, 0.717) is 19.4 Å². The Balaban J connectivity index is 3.54. The number of carbonyl (C=O) groups is 2. The lowest BCUT2D eigenvalue weighted by molar-refractivity contribution is -0.143. The first-order valence-corrected chi connectivity index (χ1v) is 23.4. The minimum absolute atomic E-state index is 0.0281. The number of allylic oxidation sites excluding steroid dienone is 7. The molecule has 0 saturated carbocycles. The van der Waals surface area contributed by atoms with E-state index >= 15 is 0 Å². The molecule has 6 heteroatoms. The van der Waals surface area contributed by atoms with E-state index in [0.717, 1.165) is 83.5 Å². The number of ether oxygens (including phenoxy) is 1. The molecule has 0 aromatic carbocycles. The van der Waals surface area contributed by atoms with Crippen LogP contribution in [0.3, 0.4) is 0 Å². The lowest BCUT2D eigenvalue weighted by Gasteiger charge is -2.20. The maximum atomic E-state index is 12.3. The number of hydrogen-bond acceptors (Lipinski definition) is 5. The van der Waals surface area contributed by atoms with E-state index in [1.165, 1.54) is 116 Å². The van der Waals surface area contributed by atoms with Gasteiger partial charge in [-0.05, 0) is 96.3 Å². The minimum Gasteiger partial charge on any atom is -0.466 e. The van der Waals surface area contributed by atoms with Crippen molar-refractivity contribution in [2.45, 2.75) is 238 Å². The van der Waals surface area contributed by atoms with Crippen LogP contribution in [0, 0.1) is 0 Å². The molecule has 3 N–H and O–H groups in total. The van der Waals surface area contributed by atoms with Crippen LogP contribution in [0.2, 0.25) is 0 Å². The van der Waals surface area contributed by atoms with E-state index in [9.17, 15) is 19.8 Å². The van der Waals surface area contributed by atoms with Gasteiger partial charge in [0.2, 0.25) is 5.91 Å². The molecule has 0 heterocycles. The third-order valence-corrected chi connectivity index (χ3v) is 10.3. The highest BCUT2D eigenvalue weighted by Gasteiger charge is 2.18. The molecule has 0 radical (unpaired) electrons. The first-order chi connectivity index (χ1) is 27.0. The Labute approximate surface area is 340 Å². The number of unbranched alkanes of at least 4 members (excludes halogenated alkanes) is 25. The SMILES string of the molecule is CCCCC/C=C\CCCCCCCC(=O)OCCCCC/C=C\C/C=C\CCCCCCCCCC(=O)NC(CO)C(O)/C=C/CCCCCCCCC. The van der Waals surface area contributed by atoms with Crippen LogP contribution in [0.15, 0.2) is 48.6 Å². The zero-order valence-electron chi connectivity index (χ0n) is 36.1. The van der Waals surface area contributed by atoms with Gasteiger partial charge in [-0.3, -0.25) is 9.59 Å². The van der Waals surface area contributed by atoms with E-state index < -0.39 is 12.1 Å². The smallest absolute Gasteiger partial charge is 0.305 e. The molecule has 6 nitrogen and oxygen atoms in total. The molecule has 2 atom stereocenters. The summed E-state index contributed by atoms with van der Waals surface area (Å²) in [5, 5.41) is 22.8. The van der Waals surface area contributed by atoms with Gasteiger partial charge >= 0.3 is 5.97 Å². The van der Waals surface area contributed by atoms with Crippen LogP contribution >= 0.6 is 0 Å². The number of rotatable bonds is 42. The summed E-state index contributed by atoms with van der Waals surface area (Å²) in [5.41, 5.74) is 0. The van der Waals surface area contributed by atoms with E-state index in [-0.39, 0.29) is 18.5 Å². The van der Waals surface area contributed by atoms with Crippen LogP contribution in [0.25, 0.3) is 0 Å². The molecule has 1 amide bonds. The summed E-state index contributed by atoms with van der Waals surface area (Å²) in [7, 11) is 0. The van der Waals surface area contributed by atoms with Gasteiger partial charge in [-0.25, -0.2) is 0 Å². The molecule has 0 fully saturated rings. The van der Waals surface area contributed by atoms with Crippen LogP contribution < -0.4 is 5.32 Å². The lowest BCUT2D eigenvalue weighted by atomic mass is 10.1. The maximum Gasteiger partial charge on any atom is 0.305 e. The Kier molecular flexibility index (Phi) is 42.8. The number of carbonyl (C=O) groups excluding carboxylic acids is 2. The third kappa shape index (κ3) is 41.3. The highest BCUT2D eigenvalue weighted by atomic mass is 16.5. The summed E-state index contributed by atoms with van der Waals surface area (Å²) < 4.78 is 5.42. The van der Waals surface area contributed by atoms with Crippen molar-refractivity contribution in [2.24, 2.45) is 0 Å². The van der Waals surface area contributed by atoms with Gasteiger partial charge in [-0.1, -0.05) is 165 Å². The van der Waals surface area contributed by atoms with Crippen LogP contribution in [-0.4, -0.2) is 47.4 Å². The summed E-state index contributed by atoms with van der Waals surface area (Å²) in [6.45, 7) is 4.78. The Bertz CT molecular complexity index is 942. The molecule has 320 valence electrons. The second kappa shape index (κ2) is 44.5. The largest absolute Gasteiger partial charge is 0.466 e. The molecule has 0 bridgehead atoms.